The number of pyridine rings is 1. The first-order chi connectivity index (χ1) is 12.4. The van der Waals surface area contributed by atoms with Gasteiger partial charge in [-0.2, -0.15) is 0 Å². The third kappa shape index (κ3) is 3.51. The summed E-state index contributed by atoms with van der Waals surface area (Å²) in [4.78, 5) is 25.5. The Kier molecular flexibility index (Phi) is 4.88. The summed E-state index contributed by atoms with van der Waals surface area (Å²) in [6.07, 6.45) is 3.18. The molecular weight excluding hydrogens is 334 g/mol. The number of aromatic nitrogens is 3. The van der Waals surface area contributed by atoms with E-state index in [0.717, 1.165) is 11.4 Å². The highest BCUT2D eigenvalue weighted by Crippen LogP contribution is 2.27. The number of ether oxygens (including phenoxy) is 1. The minimum Gasteiger partial charge on any atom is -0.465 e. The molecule has 0 fully saturated rings. The lowest BCUT2D eigenvalue weighted by Crippen LogP contribution is -2.03. The van der Waals surface area contributed by atoms with E-state index >= 15 is 0 Å². The Hall–Kier alpha value is -2.96. The molecule has 7 nitrogen and oxygen atoms in total. The monoisotopic (exact) mass is 355 g/mol. The van der Waals surface area contributed by atoms with E-state index in [4.69, 9.17) is 13.6 Å². The number of methoxy groups -OCH3 is 1. The lowest BCUT2D eigenvalue weighted by atomic mass is 10.1. The fraction of sp³-hybridized carbons (Fsp3) is 0.368. The summed E-state index contributed by atoms with van der Waals surface area (Å²) in [5.41, 5.74) is 2.77. The largest absolute Gasteiger partial charge is 0.465 e. The van der Waals surface area contributed by atoms with Crippen molar-refractivity contribution in [3.63, 3.8) is 0 Å². The molecule has 0 aliphatic carbocycles. The van der Waals surface area contributed by atoms with Gasteiger partial charge in [0.05, 0.1) is 24.1 Å². The molecule has 26 heavy (non-hydrogen) atoms. The van der Waals surface area contributed by atoms with Gasteiger partial charge in [0, 0.05) is 0 Å². The van der Waals surface area contributed by atoms with Crippen LogP contribution in [0.1, 0.15) is 61.3 Å². The Morgan fingerprint density at radius 2 is 1.35 bits per heavy atom. The molecule has 0 atom stereocenters. The van der Waals surface area contributed by atoms with Crippen LogP contribution in [-0.2, 0) is 4.74 Å². The molecule has 0 aliphatic rings. The molecule has 0 spiro atoms. The number of hydrogen-bond acceptors (Lipinski definition) is 7. The summed E-state index contributed by atoms with van der Waals surface area (Å²) in [6.45, 7) is 8.08. The molecule has 0 aliphatic heterocycles. The zero-order valence-electron chi connectivity index (χ0n) is 15.4. The van der Waals surface area contributed by atoms with E-state index in [9.17, 15) is 4.79 Å². The van der Waals surface area contributed by atoms with Gasteiger partial charge in [0.15, 0.2) is 0 Å². The predicted molar refractivity (Wildman–Crippen MR) is 94.7 cm³/mol. The molecule has 0 amide bonds. The fourth-order valence-corrected chi connectivity index (χ4v) is 2.32. The maximum Gasteiger partial charge on any atom is 0.338 e. The first-order valence-electron chi connectivity index (χ1n) is 8.41. The molecule has 0 saturated carbocycles. The predicted octanol–water partition coefficient (Wildman–Crippen LogP) is 4.43. The average Bonchev–Trinajstić information content (AvgIpc) is 3.30. The summed E-state index contributed by atoms with van der Waals surface area (Å²) in [5.74, 6) is 0.612. The molecule has 3 heterocycles. The van der Waals surface area contributed by atoms with Gasteiger partial charge in [-0.1, -0.05) is 27.7 Å². The van der Waals surface area contributed by atoms with Crippen molar-refractivity contribution in [3.05, 3.63) is 41.6 Å². The number of hydrogen-bond donors (Lipinski definition) is 0. The molecule has 0 saturated heterocycles. The average molecular weight is 355 g/mol. The van der Waals surface area contributed by atoms with E-state index in [1.165, 1.54) is 7.11 Å². The Labute approximate surface area is 151 Å². The molecule has 0 bridgehead atoms. The summed E-state index contributed by atoms with van der Waals surface area (Å²) in [7, 11) is 1.33. The van der Waals surface area contributed by atoms with Gasteiger partial charge >= 0.3 is 5.97 Å². The van der Waals surface area contributed by atoms with Crippen molar-refractivity contribution in [3.8, 4) is 23.2 Å². The zero-order chi connectivity index (χ0) is 18.8. The number of rotatable bonds is 5. The fourth-order valence-electron chi connectivity index (χ4n) is 2.32. The SMILES string of the molecule is COC(=O)c1cc(-c2nc(C(C)C)co2)nc(-c2nc(C(C)C)co2)c1. The van der Waals surface area contributed by atoms with Crippen molar-refractivity contribution in [2.75, 3.05) is 7.11 Å². The van der Waals surface area contributed by atoms with Gasteiger partial charge in [-0.3, -0.25) is 0 Å². The third-order valence-electron chi connectivity index (χ3n) is 3.91. The van der Waals surface area contributed by atoms with Crippen LogP contribution in [0.25, 0.3) is 23.2 Å². The number of esters is 1. The molecule has 136 valence electrons. The summed E-state index contributed by atoms with van der Waals surface area (Å²) >= 11 is 0. The molecule has 3 rings (SSSR count). The van der Waals surface area contributed by atoms with Crippen LogP contribution in [0.15, 0.2) is 33.5 Å². The molecule has 3 aromatic heterocycles. The van der Waals surface area contributed by atoms with Gasteiger partial charge in [-0.15, -0.1) is 0 Å². The summed E-state index contributed by atoms with van der Waals surface area (Å²) in [5, 5.41) is 0. The highest BCUT2D eigenvalue weighted by atomic mass is 16.5. The van der Waals surface area contributed by atoms with Crippen LogP contribution in [0.5, 0.6) is 0 Å². The second kappa shape index (κ2) is 7.11. The van der Waals surface area contributed by atoms with Crippen molar-refractivity contribution < 1.29 is 18.4 Å². The van der Waals surface area contributed by atoms with Gasteiger partial charge in [-0.25, -0.2) is 19.7 Å². The van der Waals surface area contributed by atoms with Crippen LogP contribution < -0.4 is 0 Å². The molecule has 3 aromatic rings. The number of carbonyl (C=O) groups is 1. The molecule has 0 radical (unpaired) electrons. The zero-order valence-corrected chi connectivity index (χ0v) is 15.4. The van der Waals surface area contributed by atoms with Crippen molar-refractivity contribution >= 4 is 5.97 Å². The van der Waals surface area contributed by atoms with E-state index in [2.05, 4.69) is 15.0 Å². The molecule has 7 heteroatoms. The first kappa shape index (κ1) is 17.8. The Morgan fingerprint density at radius 3 is 1.69 bits per heavy atom. The standard InChI is InChI=1S/C19H21N3O4/c1-10(2)15-8-25-17(21-15)13-6-12(19(23)24-5)7-14(20-13)18-22-16(9-26-18)11(3)4/h6-11H,1-5H3. The van der Waals surface area contributed by atoms with Crippen LogP contribution in [0.3, 0.4) is 0 Å². The van der Waals surface area contributed by atoms with Crippen molar-refractivity contribution in [1.29, 1.82) is 0 Å². The Bertz CT molecular complexity index is 860. The van der Waals surface area contributed by atoms with Crippen molar-refractivity contribution in [2.24, 2.45) is 0 Å². The van der Waals surface area contributed by atoms with Gasteiger partial charge in [0.1, 0.15) is 23.9 Å². The van der Waals surface area contributed by atoms with Crippen LogP contribution in [-0.4, -0.2) is 28.0 Å². The highest BCUT2D eigenvalue weighted by molar-refractivity contribution is 5.91. The van der Waals surface area contributed by atoms with E-state index in [1.807, 2.05) is 27.7 Å². The Morgan fingerprint density at radius 1 is 0.885 bits per heavy atom. The van der Waals surface area contributed by atoms with E-state index in [-0.39, 0.29) is 11.8 Å². The number of oxazole rings is 2. The minimum absolute atomic E-state index is 0.219. The maximum absolute atomic E-state index is 12.1. The molecule has 0 N–H and O–H groups in total. The van der Waals surface area contributed by atoms with Crippen molar-refractivity contribution in [2.45, 2.75) is 39.5 Å². The van der Waals surface area contributed by atoms with Crippen LogP contribution in [0.4, 0.5) is 0 Å². The Balaban J connectivity index is 2.10. The van der Waals surface area contributed by atoms with Gasteiger partial charge in [-0.05, 0) is 24.0 Å². The number of nitrogens with zero attached hydrogens (tertiary/aromatic N) is 3. The normalized spacial score (nSPS) is 11.3. The number of carbonyl (C=O) groups excluding carboxylic acids is 1. The van der Waals surface area contributed by atoms with E-state index < -0.39 is 5.97 Å². The van der Waals surface area contributed by atoms with E-state index in [1.54, 1.807) is 24.7 Å². The van der Waals surface area contributed by atoms with Gasteiger partial charge < -0.3 is 13.6 Å². The minimum atomic E-state index is -0.485. The van der Waals surface area contributed by atoms with Gasteiger partial charge in [0.2, 0.25) is 11.8 Å². The smallest absolute Gasteiger partial charge is 0.338 e. The maximum atomic E-state index is 12.1. The van der Waals surface area contributed by atoms with Crippen LogP contribution >= 0.6 is 0 Å². The molecule has 0 aromatic carbocycles. The second-order valence-corrected chi connectivity index (χ2v) is 6.58. The lowest BCUT2D eigenvalue weighted by Gasteiger charge is -2.04. The third-order valence-corrected chi connectivity index (χ3v) is 3.91. The van der Waals surface area contributed by atoms with Crippen LogP contribution in [0, 0.1) is 0 Å². The quantitative estimate of drug-likeness (QED) is 0.625. The molecular formula is C19H21N3O4. The highest BCUT2D eigenvalue weighted by Gasteiger charge is 2.19. The lowest BCUT2D eigenvalue weighted by molar-refractivity contribution is 0.0600. The summed E-state index contributed by atoms with van der Waals surface area (Å²) in [6, 6.07) is 3.16. The molecule has 0 unspecified atom stereocenters. The van der Waals surface area contributed by atoms with Crippen molar-refractivity contribution in [1.82, 2.24) is 15.0 Å². The second-order valence-electron chi connectivity index (χ2n) is 6.58. The topological polar surface area (TPSA) is 91.2 Å². The summed E-state index contributed by atoms with van der Waals surface area (Å²) < 4.78 is 15.9. The van der Waals surface area contributed by atoms with Crippen LogP contribution in [0.2, 0.25) is 0 Å². The van der Waals surface area contributed by atoms with Gasteiger partial charge in [0.25, 0.3) is 0 Å². The van der Waals surface area contributed by atoms with E-state index in [0.29, 0.717) is 28.7 Å². The first-order valence-corrected chi connectivity index (χ1v) is 8.41.